The molecule has 0 amide bonds. The molecule has 2 aliphatic heterocycles. The molecule has 14 nitrogen and oxygen atoms in total. The molecule has 1 aromatic heterocycles. The molecule has 3 heterocycles. The summed E-state index contributed by atoms with van der Waals surface area (Å²) in [6.45, 7) is 1.41. The number of carboxylic acid groups (broad SMARTS) is 1. The number of hydrogen-bond donors (Lipinski definition) is 5. The maximum Gasteiger partial charge on any atom is 0.341 e. The monoisotopic (exact) mass is 725 g/mol. The zero-order chi connectivity index (χ0) is 34.7. The Bertz CT molecular complexity index is 1920. The summed E-state index contributed by atoms with van der Waals surface area (Å²) in [6, 6.07) is 6.79. The van der Waals surface area contributed by atoms with Gasteiger partial charge in [-0.2, -0.15) is 0 Å². The normalized spacial score (nSPS) is 19.9. The number of nitrogens with zero attached hydrogens (tertiary/aromatic N) is 3. The van der Waals surface area contributed by atoms with Crippen LogP contribution in [0.5, 0.6) is 11.5 Å². The highest BCUT2D eigenvalue weighted by Crippen LogP contribution is 2.61. The number of pyridine rings is 1. The van der Waals surface area contributed by atoms with Gasteiger partial charge in [0.2, 0.25) is 5.43 Å². The fourth-order valence-corrected chi connectivity index (χ4v) is 9.60. The molecule has 18 heteroatoms. The van der Waals surface area contributed by atoms with E-state index < -0.39 is 49.8 Å². The number of fused-ring (bicyclic) bond motifs is 2. The second kappa shape index (κ2) is 12.8. The smallest absolute Gasteiger partial charge is 0.341 e. The van der Waals surface area contributed by atoms with E-state index in [1.54, 1.807) is 4.57 Å². The standard InChI is InChI=1S/C30H34FN3O11P2S/c1-44-28-25-20(27(35)21(29(36)37)14-34(25)18-6-7-18)12-22(31)26(28)32-13-17-3-2-10-33(23(17)15-32)30(48)45-19-8-4-16(5-9-19)11-24(46(38,39)40)47(41,42)43/h4-5,8-9,12,14,17-18,23-24H,2-3,6-7,10-11,13,15H2,1H3,(H,36,37)(H2,38,39,40)(H2,41,42,43)/t17-,23+/m1/s1. The fourth-order valence-electron chi connectivity index (χ4n) is 6.81. The molecule has 6 rings (SSSR count). The van der Waals surface area contributed by atoms with Crippen LogP contribution in [0.1, 0.15) is 47.6 Å². The molecule has 3 aliphatic rings. The summed E-state index contributed by atoms with van der Waals surface area (Å²) in [5.74, 6) is -1.53. The van der Waals surface area contributed by atoms with Crippen molar-refractivity contribution in [3.63, 3.8) is 0 Å². The van der Waals surface area contributed by atoms with Crippen LogP contribution in [-0.2, 0) is 15.6 Å². The topological polar surface area (TPSA) is 199 Å². The minimum absolute atomic E-state index is 0.0303. The van der Waals surface area contributed by atoms with Crippen LogP contribution < -0.4 is 19.8 Å². The van der Waals surface area contributed by atoms with Gasteiger partial charge in [0.1, 0.15) is 17.0 Å². The van der Waals surface area contributed by atoms with Crippen molar-refractivity contribution in [1.82, 2.24) is 9.47 Å². The molecule has 1 saturated carbocycles. The number of carbonyl (C=O) groups is 1. The number of methoxy groups -OCH3 is 1. The van der Waals surface area contributed by atoms with Crippen LogP contribution in [-0.4, -0.2) is 83.5 Å². The van der Waals surface area contributed by atoms with Gasteiger partial charge in [-0.25, -0.2) is 9.18 Å². The summed E-state index contributed by atoms with van der Waals surface area (Å²) in [5, 5.41) is 7.57. The van der Waals surface area contributed by atoms with Gasteiger partial charge in [0.25, 0.3) is 5.17 Å². The van der Waals surface area contributed by atoms with Crippen molar-refractivity contribution < 1.29 is 52.5 Å². The Balaban J connectivity index is 1.24. The number of likely N-dealkylation sites (tertiary alicyclic amines) is 1. The summed E-state index contributed by atoms with van der Waals surface area (Å²) in [5.41, 5.74) is -0.387. The molecule has 2 saturated heterocycles. The SMILES string of the molecule is COc1c(N2C[C@H]3CCCN(C(=S)Oc4ccc(CC(P(=O)(O)O)P(=O)(O)O)cc4)[C@H]3C2)c(F)cc2c(=O)c(C(=O)O)cn(C3CC3)c12. The van der Waals surface area contributed by atoms with Crippen molar-refractivity contribution in [3.05, 3.63) is 63.7 Å². The van der Waals surface area contributed by atoms with E-state index in [-0.39, 0.29) is 45.6 Å². The van der Waals surface area contributed by atoms with Crippen LogP contribution in [0.3, 0.4) is 0 Å². The lowest BCUT2D eigenvalue weighted by atomic mass is 9.92. The average molecular weight is 726 g/mol. The van der Waals surface area contributed by atoms with Gasteiger partial charge in [0, 0.05) is 31.9 Å². The van der Waals surface area contributed by atoms with Gasteiger partial charge in [-0.15, -0.1) is 0 Å². The summed E-state index contributed by atoms with van der Waals surface area (Å²) in [4.78, 5) is 66.4. The second-order valence-electron chi connectivity index (χ2n) is 12.4. The number of thiocarbonyl (C=S) groups is 1. The maximum absolute atomic E-state index is 16.0. The van der Waals surface area contributed by atoms with E-state index in [2.05, 4.69) is 0 Å². The van der Waals surface area contributed by atoms with Crippen LogP contribution in [0, 0.1) is 11.7 Å². The lowest BCUT2D eigenvalue weighted by Crippen LogP contribution is -2.49. The van der Waals surface area contributed by atoms with Crippen LogP contribution in [0.15, 0.2) is 41.3 Å². The molecule has 0 spiro atoms. The number of benzene rings is 2. The first kappa shape index (κ1) is 34.5. The highest BCUT2D eigenvalue weighted by atomic mass is 32.1. The molecule has 0 bridgehead atoms. The maximum atomic E-state index is 16.0. The molecular formula is C30H34FN3O11P2S. The van der Waals surface area contributed by atoms with Crippen molar-refractivity contribution in [1.29, 1.82) is 0 Å². The third-order valence-electron chi connectivity index (χ3n) is 9.23. The number of carboxylic acids is 1. The minimum atomic E-state index is -5.08. The van der Waals surface area contributed by atoms with E-state index in [1.807, 2.05) is 9.80 Å². The molecule has 3 aromatic rings. The molecule has 48 heavy (non-hydrogen) atoms. The molecule has 258 valence electrons. The number of anilines is 1. The summed E-state index contributed by atoms with van der Waals surface area (Å²) < 4.78 is 52.8. The van der Waals surface area contributed by atoms with Gasteiger partial charge in [0.15, 0.2) is 17.0 Å². The second-order valence-corrected chi connectivity index (χ2v) is 16.8. The first-order chi connectivity index (χ1) is 22.6. The third kappa shape index (κ3) is 6.62. The summed E-state index contributed by atoms with van der Waals surface area (Å²) in [7, 11) is -8.77. The minimum Gasteiger partial charge on any atom is -0.492 e. The lowest BCUT2D eigenvalue weighted by Gasteiger charge is -2.37. The molecule has 2 atom stereocenters. The average Bonchev–Trinajstić information content (AvgIpc) is 3.76. The molecular weight excluding hydrogens is 691 g/mol. The molecule has 3 fully saturated rings. The van der Waals surface area contributed by atoms with Crippen LogP contribution in [0.25, 0.3) is 10.9 Å². The van der Waals surface area contributed by atoms with Crippen molar-refractivity contribution in [2.45, 2.75) is 49.6 Å². The molecule has 5 N–H and O–H groups in total. The van der Waals surface area contributed by atoms with E-state index in [0.29, 0.717) is 30.9 Å². The summed E-state index contributed by atoms with van der Waals surface area (Å²) in [6.07, 6.45) is 3.99. The lowest BCUT2D eigenvalue weighted by molar-refractivity contribution is 0.0694. The molecule has 0 radical (unpaired) electrons. The van der Waals surface area contributed by atoms with E-state index in [4.69, 9.17) is 21.7 Å². The fraction of sp³-hybridized carbons (Fsp3) is 0.433. The van der Waals surface area contributed by atoms with Gasteiger partial charge in [-0.3, -0.25) is 13.9 Å². The number of aromatic carboxylic acids is 1. The predicted molar refractivity (Wildman–Crippen MR) is 177 cm³/mol. The predicted octanol–water partition coefficient (Wildman–Crippen LogP) is 3.67. The number of ether oxygens (including phenoxy) is 2. The van der Waals surface area contributed by atoms with Crippen molar-refractivity contribution in [3.8, 4) is 11.5 Å². The van der Waals surface area contributed by atoms with Crippen molar-refractivity contribution >= 4 is 55.1 Å². The zero-order valence-electron chi connectivity index (χ0n) is 25.6. The third-order valence-corrected chi connectivity index (χ3v) is 13.3. The van der Waals surface area contributed by atoms with Crippen LogP contribution in [0.4, 0.5) is 10.1 Å². The van der Waals surface area contributed by atoms with E-state index in [0.717, 1.165) is 31.7 Å². The number of piperidine rings is 1. The number of aromatic nitrogens is 1. The highest BCUT2D eigenvalue weighted by Gasteiger charge is 2.44. The van der Waals surface area contributed by atoms with Crippen molar-refractivity contribution in [2.24, 2.45) is 5.92 Å². The highest BCUT2D eigenvalue weighted by molar-refractivity contribution is 7.80. The Morgan fingerprint density at radius 2 is 1.75 bits per heavy atom. The number of rotatable bonds is 9. The van der Waals surface area contributed by atoms with Crippen LogP contribution >= 0.6 is 27.4 Å². The largest absolute Gasteiger partial charge is 0.492 e. The Kier molecular flexibility index (Phi) is 9.22. The van der Waals surface area contributed by atoms with Gasteiger partial charge in [0.05, 0.1) is 24.1 Å². The Morgan fingerprint density at radius 3 is 2.33 bits per heavy atom. The first-order valence-corrected chi connectivity index (χ1v) is 19.0. The van der Waals surface area contributed by atoms with Gasteiger partial charge in [-0.05, 0) is 74.0 Å². The van der Waals surface area contributed by atoms with E-state index in [9.17, 15) is 43.4 Å². The van der Waals surface area contributed by atoms with E-state index >= 15 is 4.39 Å². The summed E-state index contributed by atoms with van der Waals surface area (Å²) >= 11 is 5.67. The van der Waals surface area contributed by atoms with Gasteiger partial charge >= 0.3 is 21.2 Å². The Labute approximate surface area is 279 Å². The molecule has 1 aliphatic carbocycles. The van der Waals surface area contributed by atoms with Gasteiger partial charge in [-0.1, -0.05) is 12.1 Å². The Hall–Kier alpha value is -3.36. The van der Waals surface area contributed by atoms with Crippen LogP contribution in [0.2, 0.25) is 0 Å². The Morgan fingerprint density at radius 1 is 1.08 bits per heavy atom. The number of hydrogen-bond acceptors (Lipinski definition) is 8. The van der Waals surface area contributed by atoms with Gasteiger partial charge < -0.3 is 48.5 Å². The zero-order valence-corrected chi connectivity index (χ0v) is 28.2. The van der Waals surface area contributed by atoms with Crippen molar-refractivity contribution in [2.75, 3.05) is 31.6 Å². The molecule has 0 unspecified atom stereocenters. The first-order valence-electron chi connectivity index (χ1n) is 15.2. The quantitative estimate of drug-likeness (QED) is 0.158. The van der Waals surface area contributed by atoms with E-state index in [1.165, 1.54) is 37.6 Å². The number of halogens is 1. The molecule has 2 aromatic carbocycles.